The molecule has 1 atom stereocenters. The van der Waals surface area contributed by atoms with E-state index in [4.69, 9.17) is 14.5 Å². The molecule has 2 N–H and O–H groups in total. The lowest BCUT2D eigenvalue weighted by Crippen LogP contribution is -2.55. The number of para-hydroxylation sites is 1. The second kappa shape index (κ2) is 8.62. The molecule has 1 amide bonds. The summed E-state index contributed by atoms with van der Waals surface area (Å²) < 4.78 is 10.2. The Bertz CT molecular complexity index is 664. The van der Waals surface area contributed by atoms with Gasteiger partial charge in [-0.1, -0.05) is 18.2 Å². The van der Waals surface area contributed by atoms with E-state index >= 15 is 0 Å². The lowest BCUT2D eigenvalue weighted by molar-refractivity contribution is -0.131. The van der Waals surface area contributed by atoms with Crippen molar-refractivity contribution in [3.8, 4) is 0 Å². The minimum atomic E-state index is -0.352. The average Bonchev–Trinajstić information content (AvgIpc) is 3.03. The summed E-state index contributed by atoms with van der Waals surface area (Å²) >= 11 is 0. The van der Waals surface area contributed by atoms with Gasteiger partial charge in [-0.2, -0.15) is 0 Å². The number of nitrogens with one attached hydrogen (secondary N) is 2. The zero-order valence-electron chi connectivity index (χ0n) is 15.6. The molecule has 7 nitrogen and oxygen atoms in total. The Hall–Kier alpha value is -1.96. The van der Waals surface area contributed by atoms with Crippen LogP contribution in [0.5, 0.6) is 0 Å². The fourth-order valence-electron chi connectivity index (χ4n) is 3.54. The van der Waals surface area contributed by atoms with Crippen molar-refractivity contribution in [3.05, 3.63) is 29.8 Å². The van der Waals surface area contributed by atoms with Crippen molar-refractivity contribution >= 4 is 17.4 Å². The minimum Gasteiger partial charge on any atom is -0.384 e. The molecule has 0 bridgehead atoms. The highest BCUT2D eigenvalue weighted by atomic mass is 16.5. The number of hydrogen-bond donors (Lipinski definition) is 2. The van der Waals surface area contributed by atoms with E-state index in [-0.39, 0.29) is 11.4 Å². The fourth-order valence-corrected chi connectivity index (χ4v) is 3.54. The van der Waals surface area contributed by atoms with Crippen LogP contribution < -0.4 is 10.6 Å². The number of aliphatic imine (C=N–C) groups is 1. The number of likely N-dealkylation sites (tertiary alicyclic amines) is 1. The van der Waals surface area contributed by atoms with Gasteiger partial charge in [-0.25, -0.2) is 0 Å². The van der Waals surface area contributed by atoms with Crippen molar-refractivity contribution in [2.75, 3.05) is 52.4 Å². The Labute approximate surface area is 154 Å². The molecule has 2 aliphatic rings. The van der Waals surface area contributed by atoms with Crippen LogP contribution in [0.15, 0.2) is 29.3 Å². The number of fused-ring (bicyclic) bond motifs is 1. The first-order valence-electron chi connectivity index (χ1n) is 9.09. The number of amidine groups is 1. The molecular formula is C19H28N4O3. The molecule has 0 aromatic heterocycles. The summed E-state index contributed by atoms with van der Waals surface area (Å²) in [7, 11) is 3.29. The zero-order valence-corrected chi connectivity index (χ0v) is 15.6. The first-order chi connectivity index (χ1) is 12.7. The lowest BCUT2D eigenvalue weighted by atomic mass is 9.96. The van der Waals surface area contributed by atoms with Crippen LogP contribution in [0, 0.1) is 0 Å². The van der Waals surface area contributed by atoms with Crippen LogP contribution in [0.25, 0.3) is 0 Å². The monoisotopic (exact) mass is 360 g/mol. The first-order valence-corrected chi connectivity index (χ1v) is 9.09. The number of rotatable bonds is 6. The summed E-state index contributed by atoms with van der Waals surface area (Å²) in [6, 6.07) is 8.24. The molecular weight excluding hydrogens is 332 g/mol. The number of carbonyl (C=O) groups is 1. The molecule has 0 aliphatic carbocycles. The highest BCUT2D eigenvalue weighted by molar-refractivity contribution is 6.04. The van der Waals surface area contributed by atoms with Crippen molar-refractivity contribution < 1.29 is 14.3 Å². The molecule has 142 valence electrons. The Kier molecular flexibility index (Phi) is 6.24. The quantitative estimate of drug-likeness (QED) is 0.747. The summed E-state index contributed by atoms with van der Waals surface area (Å²) in [5.74, 6) is 1.02. The van der Waals surface area contributed by atoms with Crippen LogP contribution in [-0.2, 0) is 20.8 Å². The average molecular weight is 360 g/mol. The van der Waals surface area contributed by atoms with Gasteiger partial charge >= 0.3 is 0 Å². The van der Waals surface area contributed by atoms with Crippen molar-refractivity contribution in [3.63, 3.8) is 0 Å². The number of hydrogen-bond acceptors (Lipinski definition) is 5. The number of nitrogens with zero attached hydrogens (tertiary/aromatic N) is 2. The van der Waals surface area contributed by atoms with Gasteiger partial charge < -0.3 is 19.7 Å². The van der Waals surface area contributed by atoms with E-state index in [0.717, 1.165) is 31.0 Å². The van der Waals surface area contributed by atoms with Crippen LogP contribution >= 0.6 is 0 Å². The Balaban J connectivity index is 1.82. The van der Waals surface area contributed by atoms with Crippen molar-refractivity contribution in [2.45, 2.75) is 24.9 Å². The predicted molar refractivity (Wildman–Crippen MR) is 102 cm³/mol. The topological polar surface area (TPSA) is 75.2 Å². The van der Waals surface area contributed by atoms with Crippen molar-refractivity contribution in [2.24, 2.45) is 4.99 Å². The van der Waals surface area contributed by atoms with E-state index in [0.29, 0.717) is 32.7 Å². The molecule has 1 spiro atoms. The van der Waals surface area contributed by atoms with Gasteiger partial charge in [0, 0.05) is 39.5 Å². The molecule has 1 fully saturated rings. The summed E-state index contributed by atoms with van der Waals surface area (Å²) in [4.78, 5) is 19.1. The van der Waals surface area contributed by atoms with Gasteiger partial charge in [0.05, 0.1) is 31.7 Å². The zero-order chi connectivity index (χ0) is 18.4. The van der Waals surface area contributed by atoms with Gasteiger partial charge in [0.15, 0.2) is 0 Å². The SMILES string of the molecule is COCCN=C1Nc2ccccc2CNC12CCN(C(=O)CCOC)C2. The van der Waals surface area contributed by atoms with Crippen LogP contribution in [0.2, 0.25) is 0 Å². The minimum absolute atomic E-state index is 0.128. The summed E-state index contributed by atoms with van der Waals surface area (Å²) in [5.41, 5.74) is 1.92. The van der Waals surface area contributed by atoms with E-state index in [1.54, 1.807) is 14.2 Å². The highest BCUT2D eigenvalue weighted by Gasteiger charge is 2.45. The molecule has 0 radical (unpaired) electrons. The van der Waals surface area contributed by atoms with Crippen LogP contribution in [-0.4, -0.2) is 69.2 Å². The molecule has 1 saturated heterocycles. The van der Waals surface area contributed by atoms with Crippen molar-refractivity contribution in [1.29, 1.82) is 0 Å². The van der Waals surface area contributed by atoms with Gasteiger partial charge in [0.1, 0.15) is 5.84 Å². The molecule has 1 aromatic carbocycles. The van der Waals surface area contributed by atoms with Crippen LogP contribution in [0.3, 0.4) is 0 Å². The number of ether oxygens (including phenoxy) is 2. The number of amides is 1. The van der Waals surface area contributed by atoms with E-state index in [2.05, 4.69) is 22.8 Å². The summed E-state index contributed by atoms with van der Waals surface area (Å²) in [6.07, 6.45) is 1.24. The van der Waals surface area contributed by atoms with Gasteiger partial charge in [-0.3, -0.25) is 15.1 Å². The molecule has 1 unspecified atom stereocenters. The van der Waals surface area contributed by atoms with E-state index in [9.17, 15) is 4.79 Å². The Morgan fingerprint density at radius 3 is 2.88 bits per heavy atom. The van der Waals surface area contributed by atoms with Gasteiger partial charge in [0.25, 0.3) is 0 Å². The highest BCUT2D eigenvalue weighted by Crippen LogP contribution is 2.29. The molecule has 0 saturated carbocycles. The lowest BCUT2D eigenvalue weighted by Gasteiger charge is -2.30. The maximum Gasteiger partial charge on any atom is 0.224 e. The number of benzene rings is 1. The third kappa shape index (κ3) is 4.06. The van der Waals surface area contributed by atoms with E-state index in [1.807, 2.05) is 17.0 Å². The van der Waals surface area contributed by atoms with Crippen molar-refractivity contribution in [1.82, 2.24) is 10.2 Å². The fraction of sp³-hybridized carbons (Fsp3) is 0.579. The van der Waals surface area contributed by atoms with E-state index < -0.39 is 0 Å². The molecule has 2 aliphatic heterocycles. The van der Waals surface area contributed by atoms with Gasteiger partial charge in [-0.05, 0) is 18.1 Å². The largest absolute Gasteiger partial charge is 0.384 e. The number of anilines is 1. The smallest absolute Gasteiger partial charge is 0.224 e. The van der Waals surface area contributed by atoms with Crippen LogP contribution in [0.1, 0.15) is 18.4 Å². The second-order valence-corrected chi connectivity index (χ2v) is 6.75. The molecule has 26 heavy (non-hydrogen) atoms. The summed E-state index contributed by atoms with van der Waals surface area (Å²) in [6.45, 7) is 3.68. The molecule has 7 heteroatoms. The Morgan fingerprint density at radius 1 is 1.27 bits per heavy atom. The van der Waals surface area contributed by atoms with Gasteiger partial charge in [-0.15, -0.1) is 0 Å². The normalized spacial score (nSPS) is 23.8. The number of carbonyl (C=O) groups excluding carboxylic acids is 1. The third-order valence-electron chi connectivity index (χ3n) is 5.05. The number of methoxy groups -OCH3 is 2. The Morgan fingerprint density at radius 2 is 2.08 bits per heavy atom. The van der Waals surface area contributed by atoms with Crippen LogP contribution in [0.4, 0.5) is 5.69 Å². The third-order valence-corrected chi connectivity index (χ3v) is 5.05. The second-order valence-electron chi connectivity index (χ2n) is 6.75. The maximum absolute atomic E-state index is 12.4. The van der Waals surface area contributed by atoms with Gasteiger partial charge in [0.2, 0.25) is 5.91 Å². The van der Waals surface area contributed by atoms with E-state index in [1.165, 1.54) is 5.56 Å². The predicted octanol–water partition coefficient (Wildman–Crippen LogP) is 1.25. The summed E-state index contributed by atoms with van der Waals surface area (Å²) in [5, 5.41) is 7.19. The first kappa shape index (κ1) is 18.8. The molecule has 1 aromatic rings. The maximum atomic E-state index is 12.4. The molecule has 3 rings (SSSR count). The molecule has 2 heterocycles. The standard InChI is InChI=1S/C19H28N4O3/c1-25-11-7-17(24)23-10-8-19(14-23)18(20-9-12-26-2)22-16-6-4-3-5-15(16)13-21-19/h3-6,21H,7-14H2,1-2H3,(H,20,22).